The molecule has 90 valence electrons. The fraction of sp³-hybridized carbons (Fsp3) is 0.300. The van der Waals surface area contributed by atoms with Crippen LogP contribution in [0.25, 0.3) is 0 Å². The van der Waals surface area contributed by atoms with Crippen LogP contribution < -0.4 is 10.9 Å². The molecule has 7 heteroatoms. The highest BCUT2D eigenvalue weighted by molar-refractivity contribution is 9.10. The Labute approximate surface area is 106 Å². The third kappa shape index (κ3) is 2.38. The molecule has 0 spiro atoms. The van der Waals surface area contributed by atoms with Crippen LogP contribution in [0.3, 0.4) is 0 Å². The SMILES string of the molecule is CCn1cc(Nc2cnn(C)c(=O)c2Br)cn1. The van der Waals surface area contributed by atoms with E-state index in [9.17, 15) is 4.79 Å². The molecule has 2 heterocycles. The smallest absolute Gasteiger partial charge is 0.282 e. The minimum absolute atomic E-state index is 0.183. The van der Waals surface area contributed by atoms with E-state index in [4.69, 9.17) is 0 Å². The first-order valence-corrected chi connectivity index (χ1v) is 5.92. The van der Waals surface area contributed by atoms with Crippen molar-refractivity contribution in [1.29, 1.82) is 0 Å². The standard InChI is InChI=1S/C10H12BrN5O/c1-3-16-6-7(4-13-16)14-8-5-12-15(2)10(17)9(8)11/h4-6,14H,3H2,1-2H3. The lowest BCUT2D eigenvalue weighted by Gasteiger charge is -2.06. The highest BCUT2D eigenvalue weighted by Crippen LogP contribution is 2.20. The molecule has 0 aliphatic carbocycles. The summed E-state index contributed by atoms with van der Waals surface area (Å²) in [6, 6.07) is 0. The summed E-state index contributed by atoms with van der Waals surface area (Å²) in [6.07, 6.45) is 5.16. The number of rotatable bonds is 3. The van der Waals surface area contributed by atoms with Crippen LogP contribution in [0, 0.1) is 0 Å². The average molecular weight is 298 g/mol. The van der Waals surface area contributed by atoms with Crippen LogP contribution >= 0.6 is 15.9 Å². The number of nitrogens with zero attached hydrogens (tertiary/aromatic N) is 4. The van der Waals surface area contributed by atoms with Crippen molar-refractivity contribution < 1.29 is 0 Å². The highest BCUT2D eigenvalue weighted by Gasteiger charge is 2.07. The lowest BCUT2D eigenvalue weighted by molar-refractivity contribution is 0.660. The van der Waals surface area contributed by atoms with E-state index in [1.165, 1.54) is 4.68 Å². The van der Waals surface area contributed by atoms with Crippen LogP contribution in [-0.4, -0.2) is 19.6 Å². The lowest BCUT2D eigenvalue weighted by atomic mass is 10.4. The van der Waals surface area contributed by atoms with E-state index in [1.54, 1.807) is 24.1 Å². The Kier molecular flexibility index (Phi) is 3.28. The molecule has 2 rings (SSSR count). The first-order valence-electron chi connectivity index (χ1n) is 5.13. The first kappa shape index (κ1) is 11.8. The molecule has 0 aromatic carbocycles. The van der Waals surface area contributed by atoms with Gasteiger partial charge in [-0.25, -0.2) is 4.68 Å². The molecular formula is C10H12BrN5O. The van der Waals surface area contributed by atoms with E-state index in [-0.39, 0.29) is 5.56 Å². The van der Waals surface area contributed by atoms with Gasteiger partial charge in [-0.05, 0) is 22.9 Å². The summed E-state index contributed by atoms with van der Waals surface area (Å²) in [5, 5.41) is 11.2. The maximum Gasteiger partial charge on any atom is 0.282 e. The van der Waals surface area contributed by atoms with Crippen LogP contribution in [-0.2, 0) is 13.6 Å². The minimum Gasteiger partial charge on any atom is -0.351 e. The van der Waals surface area contributed by atoms with E-state index in [1.807, 2.05) is 13.1 Å². The molecule has 0 amide bonds. The molecule has 2 aromatic heterocycles. The Morgan fingerprint density at radius 2 is 2.18 bits per heavy atom. The summed E-state index contributed by atoms with van der Waals surface area (Å²) in [5.41, 5.74) is 1.27. The quantitative estimate of drug-likeness (QED) is 0.932. The number of halogens is 1. The monoisotopic (exact) mass is 297 g/mol. The van der Waals surface area contributed by atoms with E-state index in [0.717, 1.165) is 12.2 Å². The number of anilines is 2. The number of aryl methyl sites for hydroxylation is 2. The van der Waals surface area contributed by atoms with Gasteiger partial charge in [-0.1, -0.05) is 0 Å². The molecule has 0 bridgehead atoms. The molecule has 0 saturated carbocycles. The predicted molar refractivity (Wildman–Crippen MR) is 68.4 cm³/mol. The summed E-state index contributed by atoms with van der Waals surface area (Å²) in [5.74, 6) is 0. The molecule has 0 saturated heterocycles. The third-order valence-corrected chi connectivity index (χ3v) is 3.08. The van der Waals surface area contributed by atoms with Crippen molar-refractivity contribution in [2.45, 2.75) is 13.5 Å². The molecule has 17 heavy (non-hydrogen) atoms. The molecule has 0 atom stereocenters. The van der Waals surface area contributed by atoms with Crippen LogP contribution in [0.4, 0.5) is 11.4 Å². The van der Waals surface area contributed by atoms with Gasteiger partial charge in [0, 0.05) is 19.8 Å². The molecular weight excluding hydrogens is 286 g/mol. The summed E-state index contributed by atoms with van der Waals surface area (Å²) in [6.45, 7) is 2.81. The van der Waals surface area contributed by atoms with Crippen molar-refractivity contribution >= 4 is 27.3 Å². The summed E-state index contributed by atoms with van der Waals surface area (Å²) >= 11 is 3.25. The largest absolute Gasteiger partial charge is 0.351 e. The molecule has 0 fully saturated rings. The molecule has 6 nitrogen and oxygen atoms in total. The Hall–Kier alpha value is -1.63. The van der Waals surface area contributed by atoms with Crippen molar-refractivity contribution in [3.63, 3.8) is 0 Å². The van der Waals surface area contributed by atoms with Crippen molar-refractivity contribution in [3.8, 4) is 0 Å². The second-order valence-corrected chi connectivity index (χ2v) is 4.30. The predicted octanol–water partition coefficient (Wildman–Crippen LogP) is 1.50. The van der Waals surface area contributed by atoms with Gasteiger partial charge in [-0.2, -0.15) is 10.2 Å². The van der Waals surface area contributed by atoms with E-state index < -0.39 is 0 Å². The minimum atomic E-state index is -0.183. The van der Waals surface area contributed by atoms with E-state index in [0.29, 0.717) is 10.2 Å². The zero-order valence-electron chi connectivity index (χ0n) is 9.51. The average Bonchev–Trinajstić information content (AvgIpc) is 2.78. The van der Waals surface area contributed by atoms with Gasteiger partial charge < -0.3 is 5.32 Å². The molecule has 0 aliphatic rings. The number of nitrogens with one attached hydrogen (secondary N) is 1. The van der Waals surface area contributed by atoms with Crippen molar-refractivity contribution in [2.24, 2.45) is 7.05 Å². The Balaban J connectivity index is 2.30. The second kappa shape index (κ2) is 4.70. The summed E-state index contributed by atoms with van der Waals surface area (Å²) in [4.78, 5) is 11.6. The third-order valence-electron chi connectivity index (χ3n) is 2.31. The fourth-order valence-corrected chi connectivity index (χ4v) is 1.81. The molecule has 0 aliphatic heterocycles. The second-order valence-electron chi connectivity index (χ2n) is 3.51. The van der Waals surface area contributed by atoms with E-state index >= 15 is 0 Å². The van der Waals surface area contributed by atoms with Gasteiger partial charge in [0.1, 0.15) is 4.47 Å². The van der Waals surface area contributed by atoms with Crippen molar-refractivity contribution in [1.82, 2.24) is 19.6 Å². The molecule has 1 N–H and O–H groups in total. The van der Waals surface area contributed by atoms with Crippen LogP contribution in [0.2, 0.25) is 0 Å². The maximum atomic E-state index is 11.6. The van der Waals surface area contributed by atoms with Gasteiger partial charge >= 0.3 is 0 Å². The normalized spacial score (nSPS) is 10.5. The van der Waals surface area contributed by atoms with Gasteiger partial charge in [0.2, 0.25) is 0 Å². The Morgan fingerprint density at radius 3 is 2.82 bits per heavy atom. The van der Waals surface area contributed by atoms with Gasteiger partial charge in [-0.3, -0.25) is 9.48 Å². The Morgan fingerprint density at radius 1 is 1.41 bits per heavy atom. The topological polar surface area (TPSA) is 64.7 Å². The molecule has 0 radical (unpaired) electrons. The Bertz CT molecular complexity index is 589. The van der Waals surface area contributed by atoms with Gasteiger partial charge in [-0.15, -0.1) is 0 Å². The fourth-order valence-electron chi connectivity index (χ4n) is 1.35. The van der Waals surface area contributed by atoms with Gasteiger partial charge in [0.05, 0.1) is 23.8 Å². The van der Waals surface area contributed by atoms with Crippen LogP contribution in [0.1, 0.15) is 6.92 Å². The maximum absolute atomic E-state index is 11.6. The first-order chi connectivity index (χ1) is 8.11. The van der Waals surface area contributed by atoms with Crippen LogP contribution in [0.15, 0.2) is 27.9 Å². The summed E-state index contributed by atoms with van der Waals surface area (Å²) in [7, 11) is 1.60. The number of hydrogen-bond donors (Lipinski definition) is 1. The van der Waals surface area contributed by atoms with Crippen molar-refractivity contribution in [2.75, 3.05) is 5.32 Å². The zero-order chi connectivity index (χ0) is 12.4. The van der Waals surface area contributed by atoms with Gasteiger partial charge in [0.25, 0.3) is 5.56 Å². The number of hydrogen-bond acceptors (Lipinski definition) is 4. The van der Waals surface area contributed by atoms with Crippen LogP contribution in [0.5, 0.6) is 0 Å². The van der Waals surface area contributed by atoms with E-state index in [2.05, 4.69) is 31.4 Å². The van der Waals surface area contributed by atoms with Gasteiger partial charge in [0.15, 0.2) is 0 Å². The molecule has 0 unspecified atom stereocenters. The summed E-state index contributed by atoms with van der Waals surface area (Å²) < 4.78 is 3.52. The van der Waals surface area contributed by atoms with Crippen molar-refractivity contribution in [3.05, 3.63) is 33.4 Å². The lowest BCUT2D eigenvalue weighted by Crippen LogP contribution is -2.20. The zero-order valence-corrected chi connectivity index (χ0v) is 11.1. The number of aromatic nitrogens is 4. The molecule has 2 aromatic rings. The highest BCUT2D eigenvalue weighted by atomic mass is 79.9.